The number of methoxy groups -OCH3 is 1. The van der Waals surface area contributed by atoms with Gasteiger partial charge in [-0.1, -0.05) is 6.92 Å². The van der Waals surface area contributed by atoms with E-state index in [9.17, 15) is 9.59 Å². The second-order valence-corrected chi connectivity index (χ2v) is 1.88. The highest BCUT2D eigenvalue weighted by molar-refractivity contribution is 5.81. The summed E-state index contributed by atoms with van der Waals surface area (Å²) in [5.74, 6) is -0.345. The van der Waals surface area contributed by atoms with Crippen LogP contribution < -0.4 is 10.9 Å². The number of hydrogen-bond acceptors (Lipinski definition) is 3. The molecule has 0 heterocycles. The first kappa shape index (κ1) is 9.90. The van der Waals surface area contributed by atoms with Gasteiger partial charge in [-0.2, -0.15) is 0 Å². The van der Waals surface area contributed by atoms with Crippen LogP contribution in [0.2, 0.25) is 0 Å². The molecule has 5 nitrogen and oxygen atoms in total. The molecule has 0 aromatic rings. The predicted molar refractivity (Wildman–Crippen MR) is 38.4 cm³/mol. The summed E-state index contributed by atoms with van der Waals surface area (Å²) < 4.78 is 4.79. The van der Waals surface area contributed by atoms with Gasteiger partial charge in [0.15, 0.2) is 0 Å². The molecular weight excluding hydrogens is 148 g/mol. The third kappa shape index (κ3) is 3.57. The number of hydrazine groups is 1. The average Bonchev–Trinajstić information content (AvgIpc) is 2.03. The van der Waals surface area contributed by atoms with Crippen molar-refractivity contribution in [3.8, 4) is 0 Å². The van der Waals surface area contributed by atoms with Crippen LogP contribution in [-0.4, -0.2) is 25.5 Å². The smallest absolute Gasteiger partial charge is 0.267 e. The number of carbonyl (C=O) groups is 2. The number of ether oxygens (including phenoxy) is 1. The maximum absolute atomic E-state index is 10.9. The lowest BCUT2D eigenvalue weighted by Crippen LogP contribution is -2.43. The Bertz CT molecular complexity index is 134. The molecule has 1 atom stereocenters. The van der Waals surface area contributed by atoms with E-state index in [1.165, 1.54) is 7.11 Å². The summed E-state index contributed by atoms with van der Waals surface area (Å²) in [6.45, 7) is 1.81. The molecule has 0 rings (SSSR count). The van der Waals surface area contributed by atoms with Crippen LogP contribution in [0.3, 0.4) is 0 Å². The summed E-state index contributed by atoms with van der Waals surface area (Å²) in [4.78, 5) is 20.6. The molecule has 11 heavy (non-hydrogen) atoms. The van der Waals surface area contributed by atoms with Gasteiger partial charge >= 0.3 is 0 Å². The molecule has 64 valence electrons. The molecule has 1 unspecified atom stereocenters. The van der Waals surface area contributed by atoms with Gasteiger partial charge in [0.2, 0.25) is 6.41 Å². The quantitative estimate of drug-likeness (QED) is 0.408. The minimum Gasteiger partial charge on any atom is -0.372 e. The standard InChI is InChI=1S/C6H12N2O3/c1-3-5(11-2)6(10)8-7-4-9/h4-5H,3H2,1-2H3,(H,7,9)(H,8,10). The van der Waals surface area contributed by atoms with E-state index in [-0.39, 0.29) is 5.91 Å². The van der Waals surface area contributed by atoms with Crippen molar-refractivity contribution in [2.24, 2.45) is 0 Å². The van der Waals surface area contributed by atoms with Crippen molar-refractivity contribution >= 4 is 12.3 Å². The van der Waals surface area contributed by atoms with Gasteiger partial charge in [0.05, 0.1) is 0 Å². The van der Waals surface area contributed by atoms with E-state index in [4.69, 9.17) is 4.74 Å². The topological polar surface area (TPSA) is 67.4 Å². The molecule has 0 spiro atoms. The Morgan fingerprint density at radius 2 is 2.36 bits per heavy atom. The predicted octanol–water partition coefficient (Wildman–Crippen LogP) is -0.811. The minimum absolute atomic E-state index is 0.345. The Labute approximate surface area is 65.1 Å². The summed E-state index contributed by atoms with van der Waals surface area (Å²) in [7, 11) is 1.44. The van der Waals surface area contributed by atoms with E-state index in [1.54, 1.807) is 0 Å². The van der Waals surface area contributed by atoms with E-state index in [0.29, 0.717) is 12.8 Å². The lowest BCUT2D eigenvalue weighted by atomic mass is 10.3. The molecular formula is C6H12N2O3. The van der Waals surface area contributed by atoms with E-state index < -0.39 is 6.10 Å². The van der Waals surface area contributed by atoms with Crippen LogP contribution in [-0.2, 0) is 14.3 Å². The molecule has 5 heteroatoms. The third-order valence-corrected chi connectivity index (χ3v) is 1.20. The van der Waals surface area contributed by atoms with Gasteiger partial charge in [-0.15, -0.1) is 0 Å². The van der Waals surface area contributed by atoms with Gasteiger partial charge < -0.3 is 4.74 Å². The zero-order chi connectivity index (χ0) is 8.69. The summed E-state index contributed by atoms with van der Waals surface area (Å²) in [6.07, 6.45) is 0.464. The minimum atomic E-state index is -0.498. The van der Waals surface area contributed by atoms with Gasteiger partial charge in [0.25, 0.3) is 5.91 Å². The van der Waals surface area contributed by atoms with Gasteiger partial charge in [-0.3, -0.25) is 20.4 Å². The van der Waals surface area contributed by atoms with Crippen molar-refractivity contribution in [1.82, 2.24) is 10.9 Å². The number of carbonyl (C=O) groups excluding carboxylic acids is 2. The second-order valence-electron chi connectivity index (χ2n) is 1.88. The van der Waals surface area contributed by atoms with Gasteiger partial charge in [-0.05, 0) is 6.42 Å². The monoisotopic (exact) mass is 160 g/mol. The molecule has 2 N–H and O–H groups in total. The molecule has 0 aromatic heterocycles. The highest BCUT2D eigenvalue weighted by Crippen LogP contribution is 1.93. The zero-order valence-corrected chi connectivity index (χ0v) is 6.59. The fraction of sp³-hybridized carbons (Fsp3) is 0.667. The van der Waals surface area contributed by atoms with Crippen molar-refractivity contribution in [3.63, 3.8) is 0 Å². The maximum atomic E-state index is 10.9. The summed E-state index contributed by atoms with van der Waals surface area (Å²) in [6, 6.07) is 0. The van der Waals surface area contributed by atoms with Gasteiger partial charge in [0.1, 0.15) is 6.10 Å². The first-order valence-electron chi connectivity index (χ1n) is 3.28. The van der Waals surface area contributed by atoms with Crippen LogP contribution in [0.25, 0.3) is 0 Å². The molecule has 0 saturated carbocycles. The van der Waals surface area contributed by atoms with E-state index >= 15 is 0 Å². The van der Waals surface area contributed by atoms with Crippen molar-refractivity contribution < 1.29 is 14.3 Å². The summed E-state index contributed by atoms with van der Waals surface area (Å²) in [5, 5.41) is 0. The molecule has 2 amide bonds. The Morgan fingerprint density at radius 1 is 1.73 bits per heavy atom. The first-order chi connectivity index (χ1) is 5.26. The normalized spacial score (nSPS) is 11.8. The molecule has 0 saturated heterocycles. The maximum Gasteiger partial charge on any atom is 0.267 e. The molecule has 0 radical (unpaired) electrons. The number of nitrogens with one attached hydrogen (secondary N) is 2. The third-order valence-electron chi connectivity index (χ3n) is 1.20. The average molecular weight is 160 g/mol. The Hall–Kier alpha value is -1.10. The molecule has 0 fully saturated rings. The van der Waals surface area contributed by atoms with E-state index in [1.807, 2.05) is 12.3 Å². The summed E-state index contributed by atoms with van der Waals surface area (Å²) in [5.41, 5.74) is 4.19. The van der Waals surface area contributed by atoms with E-state index in [2.05, 4.69) is 5.43 Å². The van der Waals surface area contributed by atoms with Crippen LogP contribution in [0, 0.1) is 0 Å². The number of rotatable bonds is 5. The lowest BCUT2D eigenvalue weighted by molar-refractivity contribution is -0.133. The Kier molecular flexibility index (Phi) is 5.10. The number of amides is 2. The fourth-order valence-corrected chi connectivity index (χ4v) is 0.640. The van der Waals surface area contributed by atoms with Gasteiger partial charge in [0, 0.05) is 7.11 Å². The highest BCUT2D eigenvalue weighted by atomic mass is 16.5. The highest BCUT2D eigenvalue weighted by Gasteiger charge is 2.13. The second kappa shape index (κ2) is 5.67. The largest absolute Gasteiger partial charge is 0.372 e. The fourth-order valence-electron chi connectivity index (χ4n) is 0.640. The number of hydrogen-bond donors (Lipinski definition) is 2. The van der Waals surface area contributed by atoms with Crippen LogP contribution >= 0.6 is 0 Å². The summed E-state index contributed by atoms with van der Waals surface area (Å²) >= 11 is 0. The lowest BCUT2D eigenvalue weighted by Gasteiger charge is -2.11. The Balaban J connectivity index is 3.69. The molecule has 0 bridgehead atoms. The van der Waals surface area contributed by atoms with E-state index in [0.717, 1.165) is 0 Å². The van der Waals surface area contributed by atoms with Crippen LogP contribution in [0.5, 0.6) is 0 Å². The molecule has 0 aliphatic rings. The Morgan fingerprint density at radius 3 is 2.73 bits per heavy atom. The van der Waals surface area contributed by atoms with Crippen LogP contribution in [0.1, 0.15) is 13.3 Å². The molecule has 0 aliphatic heterocycles. The van der Waals surface area contributed by atoms with Crippen molar-refractivity contribution in [2.45, 2.75) is 19.4 Å². The molecule has 0 aliphatic carbocycles. The zero-order valence-electron chi connectivity index (χ0n) is 6.59. The van der Waals surface area contributed by atoms with Crippen LogP contribution in [0.4, 0.5) is 0 Å². The molecule has 0 aromatic carbocycles. The van der Waals surface area contributed by atoms with Crippen molar-refractivity contribution in [2.75, 3.05) is 7.11 Å². The van der Waals surface area contributed by atoms with Crippen LogP contribution in [0.15, 0.2) is 0 Å². The first-order valence-corrected chi connectivity index (χ1v) is 3.28. The van der Waals surface area contributed by atoms with Crippen molar-refractivity contribution in [3.05, 3.63) is 0 Å². The SMILES string of the molecule is CCC(OC)C(=O)NNC=O. The van der Waals surface area contributed by atoms with Gasteiger partial charge in [-0.25, -0.2) is 0 Å². The van der Waals surface area contributed by atoms with Crippen molar-refractivity contribution in [1.29, 1.82) is 0 Å².